The van der Waals surface area contributed by atoms with E-state index in [4.69, 9.17) is 8.85 Å². The second kappa shape index (κ2) is 15.8. The van der Waals surface area contributed by atoms with Crippen molar-refractivity contribution in [2.75, 3.05) is 0 Å². The van der Waals surface area contributed by atoms with Gasteiger partial charge in [0.1, 0.15) is 0 Å². The maximum Gasteiger partial charge on any atom is 0.192 e. The maximum atomic E-state index is 12.9. The third-order valence-electron chi connectivity index (χ3n) is 9.55. The maximum absolute atomic E-state index is 12.9. The van der Waals surface area contributed by atoms with Crippen LogP contribution in [-0.2, 0) is 8.85 Å². The van der Waals surface area contributed by atoms with E-state index in [1.54, 1.807) is 0 Å². The lowest BCUT2D eigenvalue weighted by Crippen LogP contribution is -2.43. The van der Waals surface area contributed by atoms with Gasteiger partial charge in [0, 0.05) is 25.4 Å². The van der Waals surface area contributed by atoms with Gasteiger partial charge in [0.25, 0.3) is 0 Å². The lowest BCUT2D eigenvalue weighted by molar-refractivity contribution is -0.496. The first kappa shape index (κ1) is 37.5. The average Bonchev–Trinajstić information content (AvgIpc) is 3.12. The molecule has 236 valence electrons. The largest absolute Gasteiger partial charge is 0.624 e. The molecule has 1 aliphatic heterocycles. The molecule has 0 saturated heterocycles. The van der Waals surface area contributed by atoms with E-state index in [9.17, 15) is 15.4 Å². The molecule has 0 amide bonds. The predicted octanol–water partition coefficient (Wildman–Crippen LogP) is 8.32. The molecule has 5 atom stereocenters. The molecule has 0 aromatic carbocycles. The van der Waals surface area contributed by atoms with Crippen molar-refractivity contribution in [2.45, 2.75) is 186 Å². The number of aliphatic hydroxyl groups is 2. The van der Waals surface area contributed by atoms with Crippen molar-refractivity contribution in [3.05, 3.63) is 17.4 Å². The Morgan fingerprint density at radius 3 is 2.08 bits per heavy atom. The van der Waals surface area contributed by atoms with E-state index in [-0.39, 0.29) is 28.3 Å². The second-order valence-electron chi connectivity index (χ2n) is 15.3. The summed E-state index contributed by atoms with van der Waals surface area (Å²) in [6, 6.07) is -0.190. The van der Waals surface area contributed by atoms with Gasteiger partial charge in [-0.2, -0.15) is 0 Å². The topological polar surface area (TPSA) is 85.0 Å². The monoisotopic (exact) mass is 599 g/mol. The van der Waals surface area contributed by atoms with E-state index in [1.165, 1.54) is 0 Å². The molecule has 0 unspecified atom stereocenters. The molecule has 1 aliphatic rings. The highest BCUT2D eigenvalue weighted by atomic mass is 28.4. The molecule has 0 bridgehead atoms. The van der Waals surface area contributed by atoms with Crippen molar-refractivity contribution in [2.24, 2.45) is 0 Å². The highest BCUT2D eigenvalue weighted by molar-refractivity contribution is 6.74. The quantitative estimate of drug-likeness (QED) is 0.0760. The molecule has 0 radical (unpaired) electrons. The zero-order valence-corrected chi connectivity index (χ0v) is 30.2. The molecule has 8 heteroatoms. The number of hydrogen-bond donors (Lipinski definition) is 2. The number of hydroxylamine groups is 1. The SMILES string of the molecule is CC[C@@H](/C=C\CC[C@H](O)C[C@@H]1CCC(C[C@@H](O)CCC[C@@H](C)O[Si](C)(C)C(C)(C)C)=[N+]1[O-])O[Si](C)(C)C(C)(C)C. The Kier molecular flexibility index (Phi) is 14.8. The summed E-state index contributed by atoms with van der Waals surface area (Å²) >= 11 is 0. The smallest absolute Gasteiger partial charge is 0.192 e. The van der Waals surface area contributed by atoms with Crippen LogP contribution in [0, 0.1) is 5.21 Å². The zero-order chi connectivity index (χ0) is 30.9. The summed E-state index contributed by atoms with van der Waals surface area (Å²) in [5, 5.41) is 34.5. The summed E-state index contributed by atoms with van der Waals surface area (Å²) in [7, 11) is -3.60. The van der Waals surface area contributed by atoms with Gasteiger partial charge in [0.05, 0.1) is 24.7 Å². The van der Waals surface area contributed by atoms with Gasteiger partial charge in [-0.3, -0.25) is 0 Å². The summed E-state index contributed by atoms with van der Waals surface area (Å²) in [6.45, 7) is 26.9. The molecule has 0 aromatic rings. The number of aliphatic hydroxyl groups excluding tert-OH is 2. The van der Waals surface area contributed by atoms with Crippen LogP contribution in [0.4, 0.5) is 0 Å². The molecule has 0 aliphatic carbocycles. The summed E-state index contributed by atoms with van der Waals surface area (Å²) in [5.74, 6) is 0. The van der Waals surface area contributed by atoms with Crippen LogP contribution in [0.3, 0.4) is 0 Å². The molecule has 1 heterocycles. The molecule has 0 fully saturated rings. The third kappa shape index (κ3) is 12.4. The number of allylic oxidation sites excluding steroid dienone is 1. The van der Waals surface area contributed by atoms with E-state index < -0.39 is 28.8 Å². The van der Waals surface area contributed by atoms with Crippen LogP contribution in [0.1, 0.15) is 120 Å². The fourth-order valence-electron chi connectivity index (χ4n) is 4.76. The van der Waals surface area contributed by atoms with E-state index in [0.717, 1.165) is 42.6 Å². The summed E-state index contributed by atoms with van der Waals surface area (Å²) in [4.78, 5) is 0. The molecular weight excluding hydrogens is 535 g/mol. The minimum Gasteiger partial charge on any atom is -0.624 e. The first-order chi connectivity index (χ1) is 18.2. The highest BCUT2D eigenvalue weighted by Crippen LogP contribution is 2.38. The lowest BCUT2D eigenvalue weighted by Gasteiger charge is -2.38. The zero-order valence-electron chi connectivity index (χ0n) is 28.2. The molecule has 6 nitrogen and oxygen atoms in total. The van der Waals surface area contributed by atoms with Gasteiger partial charge in [-0.1, -0.05) is 60.6 Å². The third-order valence-corrected chi connectivity index (χ3v) is 18.7. The minimum absolute atomic E-state index is 0.113. The van der Waals surface area contributed by atoms with E-state index >= 15 is 0 Å². The van der Waals surface area contributed by atoms with Gasteiger partial charge < -0.3 is 24.3 Å². The summed E-state index contributed by atoms with van der Waals surface area (Å²) in [6.07, 6.45) is 10.8. The van der Waals surface area contributed by atoms with Crippen LogP contribution in [0.2, 0.25) is 36.3 Å². The van der Waals surface area contributed by atoms with Crippen LogP contribution in [0.15, 0.2) is 12.2 Å². The van der Waals surface area contributed by atoms with Gasteiger partial charge in [-0.05, 0) is 81.7 Å². The van der Waals surface area contributed by atoms with Gasteiger partial charge in [0.15, 0.2) is 28.4 Å². The Morgan fingerprint density at radius 2 is 1.52 bits per heavy atom. The molecule has 0 aromatic heterocycles. The molecule has 0 spiro atoms. The first-order valence-corrected chi connectivity index (χ1v) is 21.7. The molecule has 0 saturated carbocycles. The Labute approximate surface area is 249 Å². The van der Waals surface area contributed by atoms with Gasteiger partial charge in [-0.15, -0.1) is 0 Å². The van der Waals surface area contributed by atoms with Crippen LogP contribution in [0.25, 0.3) is 0 Å². The van der Waals surface area contributed by atoms with E-state index in [0.29, 0.717) is 32.1 Å². The van der Waals surface area contributed by atoms with Crippen molar-refractivity contribution >= 4 is 22.3 Å². The van der Waals surface area contributed by atoms with Crippen molar-refractivity contribution in [3.8, 4) is 0 Å². The Balaban J connectivity index is 2.45. The fraction of sp³-hybridized carbons (Fsp3) is 0.906. The predicted molar refractivity (Wildman–Crippen MR) is 175 cm³/mol. The normalized spacial score (nSPS) is 20.8. The number of nitrogens with zero attached hydrogens (tertiary/aromatic N) is 1. The Hall–Kier alpha value is -0.516. The molecule has 2 N–H and O–H groups in total. The van der Waals surface area contributed by atoms with Gasteiger partial charge in [-0.25, -0.2) is 4.74 Å². The Bertz CT molecular complexity index is 813. The van der Waals surface area contributed by atoms with Crippen molar-refractivity contribution < 1.29 is 23.8 Å². The second-order valence-corrected chi connectivity index (χ2v) is 24.8. The van der Waals surface area contributed by atoms with E-state index in [1.807, 2.05) is 0 Å². The van der Waals surface area contributed by atoms with Crippen LogP contribution in [-0.4, -0.2) is 67.8 Å². The fourth-order valence-corrected chi connectivity index (χ4v) is 7.59. The molecule has 1 rings (SSSR count). The van der Waals surface area contributed by atoms with Crippen molar-refractivity contribution in [3.63, 3.8) is 0 Å². The lowest BCUT2D eigenvalue weighted by atomic mass is 10.0. The van der Waals surface area contributed by atoms with Gasteiger partial charge in [0.2, 0.25) is 0 Å². The van der Waals surface area contributed by atoms with E-state index in [2.05, 4.69) is 93.7 Å². The van der Waals surface area contributed by atoms with Crippen molar-refractivity contribution in [1.82, 2.24) is 0 Å². The standard InChI is InChI=1S/C32H65NO5Si2/c1-13-30(38-40(11,12)32(6,7)8)20-15-14-18-28(34)23-26-21-22-27(33(26)36)24-29(35)19-16-17-25(2)37-39(9,10)31(3,4)5/h15,20,25-26,28-30,34-35H,13-14,16-19,21-24H2,1-12H3/b20-15-/t25-,26+,28+,29+,30+/m1/s1. The summed E-state index contributed by atoms with van der Waals surface area (Å²) in [5.41, 5.74) is 0.781. The summed E-state index contributed by atoms with van der Waals surface area (Å²) < 4.78 is 14.0. The number of rotatable bonds is 17. The highest BCUT2D eigenvalue weighted by Gasteiger charge is 2.39. The van der Waals surface area contributed by atoms with Gasteiger partial charge >= 0.3 is 0 Å². The van der Waals surface area contributed by atoms with Crippen LogP contribution < -0.4 is 0 Å². The Morgan fingerprint density at radius 1 is 0.950 bits per heavy atom. The molecular formula is C32H65NO5Si2. The average molecular weight is 600 g/mol. The van der Waals surface area contributed by atoms with Crippen LogP contribution >= 0.6 is 0 Å². The minimum atomic E-state index is -1.82. The van der Waals surface area contributed by atoms with Crippen molar-refractivity contribution in [1.29, 1.82) is 0 Å². The first-order valence-electron chi connectivity index (χ1n) is 15.9. The van der Waals surface area contributed by atoms with Crippen LogP contribution in [0.5, 0.6) is 0 Å². The number of hydrogen-bond acceptors (Lipinski definition) is 5. The molecule has 40 heavy (non-hydrogen) atoms.